The zero-order valence-electron chi connectivity index (χ0n) is 12.4. The van der Waals surface area contributed by atoms with Crippen molar-refractivity contribution in [3.8, 4) is 0 Å². The fraction of sp³-hybridized carbons (Fsp3) is 0.0769. The van der Waals surface area contributed by atoms with Crippen LogP contribution in [0.4, 0.5) is 0 Å². The Morgan fingerprint density at radius 2 is 0.840 bits per heavy atom. The van der Waals surface area contributed by atoms with Crippen LogP contribution in [0.5, 0.6) is 0 Å². The molecule has 12 heteroatoms. The summed E-state index contributed by atoms with van der Waals surface area (Å²) < 4.78 is 0. The lowest BCUT2D eigenvalue weighted by atomic mass is 10.2. The molecule has 0 aliphatic carbocycles. The molecule has 0 aromatic heterocycles. The largest absolute Gasteiger partial charge is 0.481 e. The van der Waals surface area contributed by atoms with Gasteiger partial charge in [0.15, 0.2) is 0 Å². The second-order valence-corrected chi connectivity index (χ2v) is 3.50. The number of carbonyl (C=O) groups is 6. The highest BCUT2D eigenvalue weighted by Gasteiger charge is 2.07. The van der Waals surface area contributed by atoms with Crippen LogP contribution in [0.25, 0.3) is 0 Å². The Hall–Kier alpha value is -3.96. The van der Waals surface area contributed by atoms with Crippen LogP contribution in [0.2, 0.25) is 0 Å². The van der Waals surface area contributed by atoms with Gasteiger partial charge in [-0.3, -0.25) is 4.79 Å². The van der Waals surface area contributed by atoms with Crippen molar-refractivity contribution in [2.24, 2.45) is 0 Å². The fourth-order valence-electron chi connectivity index (χ4n) is 0.543. The molecule has 0 rings (SSSR count). The van der Waals surface area contributed by atoms with E-state index in [9.17, 15) is 28.8 Å². The smallest absolute Gasteiger partial charge is 0.331 e. The van der Waals surface area contributed by atoms with Crippen LogP contribution >= 0.6 is 0 Å². The van der Waals surface area contributed by atoms with Gasteiger partial charge in [-0.05, 0) is 0 Å². The maximum absolute atomic E-state index is 9.87. The first-order chi connectivity index (χ1) is 11.3. The van der Waals surface area contributed by atoms with Crippen LogP contribution in [0.1, 0.15) is 6.42 Å². The highest BCUT2D eigenvalue weighted by atomic mass is 16.4. The number of carboxylic acid groups (broad SMARTS) is 6. The highest BCUT2D eigenvalue weighted by molar-refractivity contribution is 5.91. The molecule has 0 saturated heterocycles. The summed E-state index contributed by atoms with van der Waals surface area (Å²) in [6, 6.07) is 0. The van der Waals surface area contributed by atoms with Gasteiger partial charge in [-0.1, -0.05) is 6.58 Å². The van der Waals surface area contributed by atoms with E-state index in [-0.39, 0.29) is 5.57 Å². The monoisotopic (exact) mass is 362 g/mol. The summed E-state index contributed by atoms with van der Waals surface area (Å²) in [4.78, 5) is 57.9. The Labute approximate surface area is 139 Å². The molecule has 0 atom stereocenters. The van der Waals surface area contributed by atoms with Gasteiger partial charge in [0.1, 0.15) is 0 Å². The number of carboxylic acids is 6. The topological polar surface area (TPSA) is 224 Å². The molecule has 0 aliphatic heterocycles. The lowest BCUT2D eigenvalue weighted by Crippen LogP contribution is -2.04. The molecular weight excluding hydrogens is 348 g/mol. The normalized spacial score (nSPS) is 9.12. The Morgan fingerprint density at radius 3 is 0.920 bits per heavy atom. The highest BCUT2D eigenvalue weighted by Crippen LogP contribution is 1.95. The van der Waals surface area contributed by atoms with E-state index in [2.05, 4.69) is 6.58 Å². The maximum Gasteiger partial charge on any atom is 0.331 e. The molecule has 12 nitrogen and oxygen atoms in total. The van der Waals surface area contributed by atoms with Crippen molar-refractivity contribution in [3.05, 3.63) is 36.5 Å². The van der Waals surface area contributed by atoms with Gasteiger partial charge in [-0.15, -0.1) is 0 Å². The van der Waals surface area contributed by atoms with E-state index < -0.39 is 42.2 Å². The first-order valence-electron chi connectivity index (χ1n) is 5.70. The second kappa shape index (κ2) is 15.0. The van der Waals surface area contributed by atoms with E-state index in [1.807, 2.05) is 0 Å². The Kier molecular flexibility index (Phi) is 15.5. The van der Waals surface area contributed by atoms with Gasteiger partial charge in [-0.2, -0.15) is 0 Å². The summed E-state index contributed by atoms with van der Waals surface area (Å²) in [5.74, 6) is -7.47. The van der Waals surface area contributed by atoms with E-state index in [1.165, 1.54) is 0 Å². The quantitative estimate of drug-likeness (QED) is 0.316. The third kappa shape index (κ3) is 33.1. The van der Waals surface area contributed by atoms with Crippen LogP contribution < -0.4 is 0 Å². The minimum absolute atomic E-state index is 0.303. The second-order valence-electron chi connectivity index (χ2n) is 3.50. The maximum atomic E-state index is 9.87. The third-order valence-electron chi connectivity index (χ3n) is 1.40. The molecular formula is C13H14O12. The van der Waals surface area contributed by atoms with Crippen molar-refractivity contribution in [2.45, 2.75) is 6.42 Å². The van der Waals surface area contributed by atoms with Crippen LogP contribution in [-0.4, -0.2) is 66.5 Å². The standard InChI is InChI=1S/C5H6O4.2C4H4O4/c1-3(5(8)9)2-4(6)7;2*5-3(6)1-2-4(7)8/h1-2H2,(H,6,7)(H,8,9);2*1-2H,(H,5,6)(H,7,8). The molecule has 25 heavy (non-hydrogen) atoms. The summed E-state index contributed by atoms with van der Waals surface area (Å²) in [6.07, 6.45) is 1.73. The molecule has 0 heterocycles. The number of hydrogen-bond donors (Lipinski definition) is 6. The van der Waals surface area contributed by atoms with Gasteiger partial charge < -0.3 is 30.6 Å². The van der Waals surface area contributed by atoms with Crippen molar-refractivity contribution in [3.63, 3.8) is 0 Å². The zero-order chi connectivity index (χ0) is 20.6. The van der Waals surface area contributed by atoms with Gasteiger partial charge in [0.05, 0.1) is 6.42 Å². The Balaban J connectivity index is -0.000000291. The van der Waals surface area contributed by atoms with E-state index in [0.717, 1.165) is 0 Å². The van der Waals surface area contributed by atoms with Crippen molar-refractivity contribution < 1.29 is 59.4 Å². The van der Waals surface area contributed by atoms with Crippen LogP contribution in [0, 0.1) is 0 Å². The SMILES string of the molecule is C=C(CC(=O)O)C(=O)O.O=C(O)C=CC(=O)O.O=C(O)C=CC(=O)O. The lowest BCUT2D eigenvalue weighted by molar-refractivity contribution is -0.139. The average Bonchev–Trinajstić information content (AvgIpc) is 2.43. The summed E-state index contributed by atoms with van der Waals surface area (Å²) in [7, 11) is 0. The predicted octanol–water partition coefficient (Wildman–Crippen LogP) is -0.474. The average molecular weight is 362 g/mol. The number of aliphatic carboxylic acids is 6. The molecule has 0 aromatic carbocycles. The summed E-state index contributed by atoms with van der Waals surface area (Å²) in [5, 5.41) is 47.3. The molecule has 0 fully saturated rings. The minimum atomic E-state index is -1.27. The van der Waals surface area contributed by atoms with Crippen molar-refractivity contribution in [1.82, 2.24) is 0 Å². The third-order valence-corrected chi connectivity index (χ3v) is 1.40. The van der Waals surface area contributed by atoms with Crippen molar-refractivity contribution in [2.75, 3.05) is 0 Å². The fourth-order valence-corrected chi connectivity index (χ4v) is 0.543. The van der Waals surface area contributed by atoms with Crippen LogP contribution in [-0.2, 0) is 28.8 Å². The summed E-state index contributed by atoms with van der Waals surface area (Å²) in [6.45, 7) is 3.01. The Bertz CT molecular complexity index is 530. The molecule has 0 aromatic rings. The Morgan fingerprint density at radius 1 is 0.600 bits per heavy atom. The summed E-state index contributed by atoms with van der Waals surface area (Å²) in [5.41, 5.74) is -0.303. The molecule has 0 unspecified atom stereocenters. The predicted molar refractivity (Wildman–Crippen MR) is 77.9 cm³/mol. The minimum Gasteiger partial charge on any atom is -0.481 e. The van der Waals surface area contributed by atoms with Gasteiger partial charge in [0, 0.05) is 29.9 Å². The van der Waals surface area contributed by atoms with Crippen molar-refractivity contribution >= 4 is 35.8 Å². The van der Waals surface area contributed by atoms with Crippen molar-refractivity contribution in [1.29, 1.82) is 0 Å². The first-order valence-corrected chi connectivity index (χ1v) is 5.70. The van der Waals surface area contributed by atoms with Gasteiger partial charge in [-0.25, -0.2) is 24.0 Å². The molecule has 0 spiro atoms. The zero-order valence-corrected chi connectivity index (χ0v) is 12.4. The number of hydrogen-bond acceptors (Lipinski definition) is 6. The van der Waals surface area contributed by atoms with Crippen LogP contribution in [0.15, 0.2) is 36.5 Å². The lowest BCUT2D eigenvalue weighted by Gasteiger charge is -1.91. The van der Waals surface area contributed by atoms with Gasteiger partial charge in [0.2, 0.25) is 0 Å². The molecule has 6 N–H and O–H groups in total. The number of rotatable bonds is 7. The first kappa shape index (κ1) is 26.0. The van der Waals surface area contributed by atoms with E-state index in [1.54, 1.807) is 0 Å². The van der Waals surface area contributed by atoms with E-state index in [0.29, 0.717) is 24.3 Å². The molecule has 0 bridgehead atoms. The molecule has 0 amide bonds. The van der Waals surface area contributed by atoms with Gasteiger partial charge in [0.25, 0.3) is 0 Å². The summed E-state index contributed by atoms with van der Waals surface area (Å²) >= 11 is 0. The molecule has 0 radical (unpaired) electrons. The van der Waals surface area contributed by atoms with Crippen LogP contribution in [0.3, 0.4) is 0 Å². The molecule has 0 aliphatic rings. The molecule has 138 valence electrons. The molecule has 0 saturated carbocycles. The van der Waals surface area contributed by atoms with E-state index in [4.69, 9.17) is 30.6 Å². The van der Waals surface area contributed by atoms with E-state index >= 15 is 0 Å². The van der Waals surface area contributed by atoms with Gasteiger partial charge >= 0.3 is 35.8 Å².